The molecule has 7 heteroatoms. The maximum absolute atomic E-state index is 12.0. The van der Waals surface area contributed by atoms with Gasteiger partial charge in [0.15, 0.2) is 0 Å². The number of hydrogen-bond donors (Lipinski definition) is 1. The number of aryl methyl sites for hydroxylation is 1. The average molecular weight is 440 g/mol. The minimum absolute atomic E-state index is 0.0379. The fourth-order valence-corrected chi connectivity index (χ4v) is 3.11. The van der Waals surface area contributed by atoms with Gasteiger partial charge in [0.25, 0.3) is 0 Å². The molecule has 128 valence electrons. The maximum Gasteiger partial charge on any atom is 0.224 e. The number of nitrogens with zero attached hydrogens (tertiary/aromatic N) is 3. The van der Waals surface area contributed by atoms with E-state index in [-0.39, 0.29) is 5.91 Å². The predicted octanol–water partition coefficient (Wildman–Crippen LogP) is 2.74. The van der Waals surface area contributed by atoms with Crippen molar-refractivity contribution in [3.8, 4) is 0 Å². The highest BCUT2D eigenvalue weighted by atomic mass is 127. The van der Waals surface area contributed by atoms with Gasteiger partial charge in [0, 0.05) is 43.6 Å². The lowest BCUT2D eigenvalue weighted by molar-refractivity contribution is -0.116. The Morgan fingerprint density at radius 2 is 2.00 bits per heavy atom. The number of amides is 1. The minimum Gasteiger partial charge on any atom is -0.378 e. The van der Waals surface area contributed by atoms with Crippen molar-refractivity contribution < 1.29 is 9.53 Å². The fraction of sp³-hybridized carbons (Fsp3) is 0.412. The maximum atomic E-state index is 12.0. The summed E-state index contributed by atoms with van der Waals surface area (Å²) < 4.78 is 8.34. The molecule has 6 nitrogen and oxygen atoms in total. The molecule has 0 aliphatic carbocycles. The third kappa shape index (κ3) is 4.94. The van der Waals surface area contributed by atoms with E-state index in [2.05, 4.69) is 37.9 Å². The summed E-state index contributed by atoms with van der Waals surface area (Å²) in [6, 6.07) is 8.01. The first kappa shape index (κ1) is 17.2. The van der Waals surface area contributed by atoms with Crippen LogP contribution in [0.1, 0.15) is 12.8 Å². The summed E-state index contributed by atoms with van der Waals surface area (Å²) in [5.74, 6) is 0.0379. The van der Waals surface area contributed by atoms with Crippen LogP contribution < -0.4 is 10.2 Å². The van der Waals surface area contributed by atoms with Crippen LogP contribution in [0.3, 0.4) is 0 Å². The second-order valence-corrected chi connectivity index (χ2v) is 6.97. The van der Waals surface area contributed by atoms with Gasteiger partial charge < -0.3 is 15.0 Å². The molecule has 1 aromatic heterocycles. The number of anilines is 2. The Kier molecular flexibility index (Phi) is 6.08. The van der Waals surface area contributed by atoms with Crippen LogP contribution in [0, 0.1) is 3.57 Å². The lowest BCUT2D eigenvalue weighted by Gasteiger charge is -2.28. The molecule has 1 saturated heterocycles. The second kappa shape index (κ2) is 8.48. The van der Waals surface area contributed by atoms with Gasteiger partial charge in [-0.3, -0.25) is 9.48 Å². The molecule has 1 aromatic carbocycles. The van der Waals surface area contributed by atoms with E-state index < -0.39 is 0 Å². The Labute approximate surface area is 155 Å². The number of rotatable bonds is 6. The summed E-state index contributed by atoms with van der Waals surface area (Å²) in [4.78, 5) is 14.3. The summed E-state index contributed by atoms with van der Waals surface area (Å²) in [5.41, 5.74) is 2.01. The van der Waals surface area contributed by atoms with Crippen LogP contribution in [0.2, 0.25) is 0 Å². The molecule has 1 fully saturated rings. The summed E-state index contributed by atoms with van der Waals surface area (Å²) in [6.07, 6.45) is 5.05. The molecule has 1 amide bonds. The minimum atomic E-state index is 0.0379. The number of benzene rings is 1. The van der Waals surface area contributed by atoms with E-state index >= 15 is 0 Å². The number of carbonyl (C=O) groups is 1. The number of aromatic nitrogens is 2. The summed E-state index contributed by atoms with van der Waals surface area (Å²) in [5, 5.41) is 7.16. The largest absolute Gasteiger partial charge is 0.378 e. The van der Waals surface area contributed by atoms with Crippen molar-refractivity contribution in [2.45, 2.75) is 19.4 Å². The Morgan fingerprint density at radius 1 is 1.25 bits per heavy atom. The highest BCUT2D eigenvalue weighted by Gasteiger charge is 2.11. The molecule has 0 atom stereocenters. The molecule has 1 aliphatic rings. The smallest absolute Gasteiger partial charge is 0.224 e. The quantitative estimate of drug-likeness (QED) is 0.703. The van der Waals surface area contributed by atoms with Crippen LogP contribution >= 0.6 is 22.6 Å². The van der Waals surface area contributed by atoms with Crippen LogP contribution in [-0.4, -0.2) is 42.0 Å². The van der Waals surface area contributed by atoms with E-state index in [0.29, 0.717) is 6.42 Å². The van der Waals surface area contributed by atoms with Crippen LogP contribution in [-0.2, 0) is 16.1 Å². The number of nitrogens with one attached hydrogen (secondary N) is 1. The Morgan fingerprint density at radius 3 is 2.67 bits per heavy atom. The van der Waals surface area contributed by atoms with Crippen LogP contribution in [0.25, 0.3) is 0 Å². The molecular weight excluding hydrogens is 419 g/mol. The van der Waals surface area contributed by atoms with E-state index in [1.54, 1.807) is 0 Å². The molecule has 2 aromatic rings. The Bertz CT molecular complexity index is 665. The van der Waals surface area contributed by atoms with Crippen molar-refractivity contribution in [1.29, 1.82) is 0 Å². The van der Waals surface area contributed by atoms with E-state index in [1.807, 2.05) is 41.3 Å². The molecule has 0 radical (unpaired) electrons. The average Bonchev–Trinajstić information content (AvgIpc) is 3.02. The molecule has 0 spiro atoms. The van der Waals surface area contributed by atoms with Crippen LogP contribution in [0.15, 0.2) is 36.7 Å². The van der Waals surface area contributed by atoms with Gasteiger partial charge in [-0.15, -0.1) is 0 Å². The molecule has 0 bridgehead atoms. The Hall–Kier alpha value is -1.61. The van der Waals surface area contributed by atoms with Crippen LogP contribution in [0.5, 0.6) is 0 Å². The van der Waals surface area contributed by atoms with E-state index in [0.717, 1.165) is 48.5 Å². The van der Waals surface area contributed by atoms with Gasteiger partial charge in [-0.2, -0.15) is 5.10 Å². The first-order valence-corrected chi connectivity index (χ1v) is 9.19. The molecule has 1 N–H and O–H groups in total. The lowest BCUT2D eigenvalue weighted by Crippen LogP contribution is -2.36. The van der Waals surface area contributed by atoms with Gasteiger partial charge in [0.05, 0.1) is 23.0 Å². The molecule has 2 heterocycles. The molecule has 1 aliphatic heterocycles. The van der Waals surface area contributed by atoms with Crippen molar-refractivity contribution >= 4 is 39.9 Å². The highest BCUT2D eigenvalue weighted by molar-refractivity contribution is 14.1. The summed E-state index contributed by atoms with van der Waals surface area (Å²) in [6.45, 7) is 4.13. The molecule has 0 saturated carbocycles. The molecular formula is C17H21IN4O2. The van der Waals surface area contributed by atoms with Gasteiger partial charge in [-0.1, -0.05) is 0 Å². The van der Waals surface area contributed by atoms with Crippen molar-refractivity contribution in [3.05, 3.63) is 40.2 Å². The third-order valence-corrected chi connectivity index (χ3v) is 4.48. The number of halogens is 1. The Balaban J connectivity index is 1.44. The molecule has 0 unspecified atom stereocenters. The molecule has 24 heavy (non-hydrogen) atoms. The van der Waals surface area contributed by atoms with Gasteiger partial charge in [0.1, 0.15) is 0 Å². The van der Waals surface area contributed by atoms with Crippen molar-refractivity contribution in [1.82, 2.24) is 9.78 Å². The highest BCUT2D eigenvalue weighted by Crippen LogP contribution is 2.19. The fourth-order valence-electron chi connectivity index (χ4n) is 2.66. The van der Waals surface area contributed by atoms with E-state index in [9.17, 15) is 4.79 Å². The standard InChI is InChI=1S/C17H21IN4O2/c18-14-12-19-22(13-14)7-1-2-17(23)20-15-3-5-16(6-4-15)21-8-10-24-11-9-21/h3-6,12-13H,1-2,7-11H2,(H,20,23). The number of morpholine rings is 1. The number of hydrogen-bond acceptors (Lipinski definition) is 4. The van der Waals surface area contributed by atoms with Crippen molar-refractivity contribution in [2.24, 2.45) is 0 Å². The monoisotopic (exact) mass is 440 g/mol. The lowest BCUT2D eigenvalue weighted by atomic mass is 10.2. The zero-order chi connectivity index (χ0) is 16.8. The topological polar surface area (TPSA) is 59.4 Å². The zero-order valence-electron chi connectivity index (χ0n) is 13.4. The normalized spacial score (nSPS) is 14.6. The SMILES string of the molecule is O=C(CCCn1cc(I)cn1)Nc1ccc(N2CCOCC2)cc1. The first-order chi connectivity index (χ1) is 11.7. The van der Waals surface area contributed by atoms with E-state index in [4.69, 9.17) is 4.74 Å². The van der Waals surface area contributed by atoms with Gasteiger partial charge in [-0.25, -0.2) is 0 Å². The summed E-state index contributed by atoms with van der Waals surface area (Å²) >= 11 is 2.23. The van der Waals surface area contributed by atoms with Gasteiger partial charge in [-0.05, 0) is 53.3 Å². The zero-order valence-corrected chi connectivity index (χ0v) is 15.6. The summed E-state index contributed by atoms with van der Waals surface area (Å²) in [7, 11) is 0. The first-order valence-electron chi connectivity index (χ1n) is 8.11. The van der Waals surface area contributed by atoms with Crippen molar-refractivity contribution in [3.63, 3.8) is 0 Å². The number of ether oxygens (including phenoxy) is 1. The van der Waals surface area contributed by atoms with Crippen molar-refractivity contribution in [2.75, 3.05) is 36.5 Å². The second-order valence-electron chi connectivity index (χ2n) is 5.72. The van der Waals surface area contributed by atoms with Gasteiger partial charge in [0.2, 0.25) is 5.91 Å². The van der Waals surface area contributed by atoms with E-state index in [1.165, 1.54) is 5.69 Å². The molecule has 3 rings (SSSR count). The predicted molar refractivity (Wildman–Crippen MR) is 102 cm³/mol. The van der Waals surface area contributed by atoms with Gasteiger partial charge >= 0.3 is 0 Å². The number of carbonyl (C=O) groups excluding carboxylic acids is 1. The third-order valence-electron chi connectivity index (χ3n) is 3.92. The van der Waals surface area contributed by atoms with Crippen LogP contribution in [0.4, 0.5) is 11.4 Å².